The zero-order valence-corrected chi connectivity index (χ0v) is 14.8. The van der Waals surface area contributed by atoms with Crippen molar-refractivity contribution >= 4 is 35.4 Å². The fourth-order valence-corrected chi connectivity index (χ4v) is 4.18. The largest absolute Gasteiger partial charge is 0.368 e. The molecular weight excluding hydrogens is 348 g/mol. The molecule has 0 aliphatic carbocycles. The van der Waals surface area contributed by atoms with Crippen molar-refractivity contribution in [1.82, 2.24) is 15.1 Å². The number of nitrogens with one attached hydrogen (secondary N) is 1. The van der Waals surface area contributed by atoms with E-state index in [0.29, 0.717) is 25.1 Å². The van der Waals surface area contributed by atoms with E-state index in [1.807, 2.05) is 6.26 Å². The standard InChI is InChI=1S/C15H22N4O5S/c1-25-7-12(21)17-9-2-3-18-13(9)15(23)19-5-8(24-6-11(16)20)4-10(19)14(18)22/h8-10,13H,2-7H2,1H3,(H2,16,20)(H,17,21)/t8-,9+,10+,13+/m1/s1. The third kappa shape index (κ3) is 3.45. The Hall–Kier alpha value is -1.81. The van der Waals surface area contributed by atoms with E-state index in [9.17, 15) is 19.2 Å². The Bertz CT molecular complexity index is 600. The van der Waals surface area contributed by atoms with Crippen LogP contribution in [0, 0.1) is 0 Å². The summed E-state index contributed by atoms with van der Waals surface area (Å²) in [4.78, 5) is 51.5. The number of fused-ring (bicyclic) bond motifs is 2. The van der Waals surface area contributed by atoms with E-state index in [-0.39, 0.29) is 43.0 Å². The van der Waals surface area contributed by atoms with E-state index < -0.39 is 18.0 Å². The third-order valence-corrected chi connectivity index (χ3v) is 5.40. The summed E-state index contributed by atoms with van der Waals surface area (Å²) in [7, 11) is 0. The van der Waals surface area contributed by atoms with E-state index in [0.717, 1.165) is 0 Å². The number of hydrogen-bond donors (Lipinski definition) is 2. The predicted octanol–water partition coefficient (Wildman–Crippen LogP) is -2.08. The molecule has 0 aromatic carbocycles. The number of nitrogens with zero attached hydrogens (tertiary/aromatic N) is 2. The second-order valence-corrected chi connectivity index (χ2v) is 7.38. The van der Waals surface area contributed by atoms with Gasteiger partial charge in [0.25, 0.3) is 0 Å². The molecule has 0 unspecified atom stereocenters. The summed E-state index contributed by atoms with van der Waals surface area (Å²) in [5, 5.41) is 2.87. The maximum Gasteiger partial charge on any atom is 0.248 e. The van der Waals surface area contributed by atoms with Gasteiger partial charge in [0, 0.05) is 19.5 Å². The summed E-state index contributed by atoms with van der Waals surface area (Å²) in [5.74, 6) is -0.676. The van der Waals surface area contributed by atoms with Gasteiger partial charge < -0.3 is 25.6 Å². The number of primary amides is 1. The number of ether oxygens (including phenoxy) is 1. The third-order valence-electron chi connectivity index (χ3n) is 4.85. The number of amides is 4. The van der Waals surface area contributed by atoms with Crippen molar-refractivity contribution in [3.05, 3.63) is 0 Å². The van der Waals surface area contributed by atoms with Crippen LogP contribution < -0.4 is 11.1 Å². The Kier molecular flexibility index (Phi) is 5.19. The number of thioether (sulfide) groups is 1. The second-order valence-electron chi connectivity index (χ2n) is 6.51. The molecule has 3 fully saturated rings. The SMILES string of the molecule is CSCC(=O)N[C@H]1CCN2C(=O)[C@@H]3C[C@@H](OCC(N)=O)CN3C(=O)[C@H]12. The molecule has 3 aliphatic heterocycles. The van der Waals surface area contributed by atoms with E-state index >= 15 is 0 Å². The average molecular weight is 370 g/mol. The number of rotatable bonds is 6. The van der Waals surface area contributed by atoms with Crippen LogP contribution in [0.5, 0.6) is 0 Å². The fourth-order valence-electron chi connectivity index (χ4n) is 3.83. The monoisotopic (exact) mass is 370 g/mol. The number of carbonyl (C=O) groups excluding carboxylic acids is 4. The molecule has 3 heterocycles. The molecule has 0 spiro atoms. The zero-order chi connectivity index (χ0) is 18.1. The van der Waals surface area contributed by atoms with E-state index in [1.54, 1.807) is 4.90 Å². The van der Waals surface area contributed by atoms with Gasteiger partial charge in [0.15, 0.2) is 0 Å². The van der Waals surface area contributed by atoms with Gasteiger partial charge in [-0.1, -0.05) is 0 Å². The maximum atomic E-state index is 12.9. The van der Waals surface area contributed by atoms with Crippen LogP contribution in [0.1, 0.15) is 12.8 Å². The molecule has 3 N–H and O–H groups in total. The number of piperazine rings is 1. The van der Waals surface area contributed by atoms with Gasteiger partial charge in [0.1, 0.15) is 18.7 Å². The first-order chi connectivity index (χ1) is 11.9. The lowest BCUT2D eigenvalue weighted by Crippen LogP contribution is -2.64. The topological polar surface area (TPSA) is 122 Å². The Labute approximate surface area is 149 Å². The number of nitrogens with two attached hydrogens (primary N) is 1. The van der Waals surface area contributed by atoms with Crippen LogP contribution in [-0.4, -0.2) is 89.4 Å². The Morgan fingerprint density at radius 1 is 1.32 bits per heavy atom. The molecule has 0 aromatic rings. The van der Waals surface area contributed by atoms with Crippen LogP contribution in [0.15, 0.2) is 0 Å². The van der Waals surface area contributed by atoms with Crippen molar-refractivity contribution in [3.8, 4) is 0 Å². The first-order valence-electron chi connectivity index (χ1n) is 8.21. The van der Waals surface area contributed by atoms with Gasteiger partial charge in [-0.05, 0) is 12.7 Å². The van der Waals surface area contributed by atoms with Crippen molar-refractivity contribution in [2.45, 2.75) is 37.1 Å². The zero-order valence-electron chi connectivity index (χ0n) is 14.0. The maximum absolute atomic E-state index is 12.9. The highest BCUT2D eigenvalue weighted by Gasteiger charge is 2.55. The lowest BCUT2D eigenvalue weighted by Gasteiger charge is -2.40. The van der Waals surface area contributed by atoms with Crippen LogP contribution in [-0.2, 0) is 23.9 Å². The lowest BCUT2D eigenvalue weighted by atomic mass is 10.0. The second kappa shape index (κ2) is 7.20. The van der Waals surface area contributed by atoms with Gasteiger partial charge in [-0.2, -0.15) is 11.8 Å². The molecular formula is C15H22N4O5S. The van der Waals surface area contributed by atoms with Crippen LogP contribution in [0.2, 0.25) is 0 Å². The molecule has 4 atom stereocenters. The molecule has 138 valence electrons. The van der Waals surface area contributed by atoms with Crippen molar-refractivity contribution < 1.29 is 23.9 Å². The smallest absolute Gasteiger partial charge is 0.248 e. The first-order valence-corrected chi connectivity index (χ1v) is 9.61. The summed E-state index contributed by atoms with van der Waals surface area (Å²) < 4.78 is 5.39. The fraction of sp³-hybridized carbons (Fsp3) is 0.733. The van der Waals surface area contributed by atoms with Gasteiger partial charge in [0.05, 0.1) is 17.9 Å². The summed E-state index contributed by atoms with van der Waals surface area (Å²) in [6.07, 6.45) is 2.39. The molecule has 4 amide bonds. The average Bonchev–Trinajstić information content (AvgIpc) is 3.16. The number of hydrogen-bond acceptors (Lipinski definition) is 6. The minimum atomic E-state index is -0.649. The Morgan fingerprint density at radius 2 is 2.08 bits per heavy atom. The van der Waals surface area contributed by atoms with Crippen molar-refractivity contribution in [2.75, 3.05) is 31.7 Å². The predicted molar refractivity (Wildman–Crippen MR) is 89.5 cm³/mol. The van der Waals surface area contributed by atoms with E-state index in [1.165, 1.54) is 16.7 Å². The number of carbonyl (C=O) groups is 4. The molecule has 0 bridgehead atoms. The van der Waals surface area contributed by atoms with Crippen molar-refractivity contribution in [1.29, 1.82) is 0 Å². The van der Waals surface area contributed by atoms with Gasteiger partial charge in [-0.15, -0.1) is 0 Å². The van der Waals surface area contributed by atoms with Crippen LogP contribution in [0.25, 0.3) is 0 Å². The molecule has 3 saturated heterocycles. The van der Waals surface area contributed by atoms with Gasteiger partial charge in [-0.3, -0.25) is 19.2 Å². The molecule has 0 radical (unpaired) electrons. The molecule has 0 saturated carbocycles. The Morgan fingerprint density at radius 3 is 2.76 bits per heavy atom. The molecule has 3 rings (SSSR count). The summed E-state index contributed by atoms with van der Waals surface area (Å²) >= 11 is 1.41. The van der Waals surface area contributed by atoms with Gasteiger partial charge in [0.2, 0.25) is 23.6 Å². The minimum absolute atomic E-state index is 0.114. The summed E-state index contributed by atoms with van der Waals surface area (Å²) in [5.41, 5.74) is 5.07. The minimum Gasteiger partial charge on any atom is -0.368 e. The quantitative estimate of drug-likeness (QED) is 0.553. The highest BCUT2D eigenvalue weighted by atomic mass is 32.2. The van der Waals surface area contributed by atoms with Crippen molar-refractivity contribution in [3.63, 3.8) is 0 Å². The van der Waals surface area contributed by atoms with E-state index in [4.69, 9.17) is 10.5 Å². The first kappa shape index (κ1) is 18.0. The van der Waals surface area contributed by atoms with Crippen LogP contribution in [0.3, 0.4) is 0 Å². The van der Waals surface area contributed by atoms with E-state index in [2.05, 4.69) is 5.32 Å². The van der Waals surface area contributed by atoms with Gasteiger partial charge >= 0.3 is 0 Å². The highest BCUT2D eigenvalue weighted by molar-refractivity contribution is 7.99. The lowest BCUT2D eigenvalue weighted by molar-refractivity contribution is -0.157. The summed E-state index contributed by atoms with van der Waals surface area (Å²) in [6.45, 7) is 0.489. The molecule has 3 aliphatic rings. The van der Waals surface area contributed by atoms with Crippen LogP contribution in [0.4, 0.5) is 0 Å². The van der Waals surface area contributed by atoms with Gasteiger partial charge in [-0.25, -0.2) is 0 Å². The van der Waals surface area contributed by atoms with Crippen molar-refractivity contribution in [2.24, 2.45) is 5.73 Å². The normalized spacial score (nSPS) is 31.1. The molecule has 0 aromatic heterocycles. The Balaban J connectivity index is 1.69. The molecule has 25 heavy (non-hydrogen) atoms. The molecule has 9 nitrogen and oxygen atoms in total. The molecule has 10 heteroatoms. The summed E-state index contributed by atoms with van der Waals surface area (Å²) in [6, 6.07) is -1.56. The van der Waals surface area contributed by atoms with Crippen LogP contribution >= 0.6 is 11.8 Å². The highest BCUT2D eigenvalue weighted by Crippen LogP contribution is 2.33.